The van der Waals surface area contributed by atoms with Crippen LogP contribution in [-0.2, 0) is 18.3 Å². The van der Waals surface area contributed by atoms with Crippen LogP contribution in [0, 0.1) is 6.08 Å². The van der Waals surface area contributed by atoms with Gasteiger partial charge in [-0.05, 0) is 46.5 Å². The molecule has 4 atom stereocenters. The summed E-state index contributed by atoms with van der Waals surface area (Å²) in [6.45, 7) is 8.34. The maximum absolute atomic E-state index is 13.1. The van der Waals surface area contributed by atoms with Gasteiger partial charge in [-0.25, -0.2) is 10.2 Å². The van der Waals surface area contributed by atoms with Crippen molar-refractivity contribution < 1.29 is 33.0 Å². The van der Waals surface area contributed by atoms with Crippen molar-refractivity contribution in [3.8, 4) is 0 Å². The van der Waals surface area contributed by atoms with Crippen molar-refractivity contribution in [3.05, 3.63) is 131 Å². The summed E-state index contributed by atoms with van der Waals surface area (Å²) in [5.41, 5.74) is 4.44. The number of ether oxygens (including phenoxy) is 1. The van der Waals surface area contributed by atoms with Crippen LogP contribution in [0.5, 0.6) is 0 Å². The molecule has 2 fully saturated rings. The summed E-state index contributed by atoms with van der Waals surface area (Å²) in [6.07, 6.45) is 8.27. The van der Waals surface area contributed by atoms with Crippen LogP contribution in [0.25, 0.3) is 0 Å². The SMILES string of the molecule is CC(C)(C)[Si](OC[C@H]1O[C@@H](n2ccc(NC(=O)c3ccccc3)nc2=O)C[C@]1(O)O[PH](=O)[O-])(c1ccccc1)c1ccccc1.[C+]1=C2CCCCNN2CCC1. The molecular formula is C41H50N5O8PSi. The van der Waals surface area contributed by atoms with Crippen LogP contribution in [0.3, 0.4) is 0 Å². The second-order valence-electron chi connectivity index (χ2n) is 15.0. The lowest BCUT2D eigenvalue weighted by Crippen LogP contribution is -2.67. The number of hydrazine groups is 1. The largest absolute Gasteiger partial charge is 0.781 e. The van der Waals surface area contributed by atoms with Gasteiger partial charge < -0.3 is 33.6 Å². The van der Waals surface area contributed by atoms with E-state index < -0.39 is 57.7 Å². The number of carbonyl (C=O) groups excluding carboxylic acids is 1. The maximum Gasteiger partial charge on any atom is 0.351 e. The number of amides is 1. The Bertz CT molecular complexity index is 1990. The molecule has 4 heterocycles. The molecule has 1 unspecified atom stereocenters. The van der Waals surface area contributed by atoms with Crippen molar-refractivity contribution in [2.75, 3.05) is 25.0 Å². The first-order valence-electron chi connectivity index (χ1n) is 19.0. The summed E-state index contributed by atoms with van der Waals surface area (Å²) in [5, 5.41) is 17.9. The van der Waals surface area contributed by atoms with Crippen LogP contribution < -0.4 is 31.7 Å². The van der Waals surface area contributed by atoms with Gasteiger partial charge in [-0.2, -0.15) is 4.98 Å². The van der Waals surface area contributed by atoms with E-state index in [2.05, 4.69) is 47.6 Å². The van der Waals surface area contributed by atoms with E-state index in [4.69, 9.17) is 13.7 Å². The Labute approximate surface area is 329 Å². The number of rotatable bonds is 10. The van der Waals surface area contributed by atoms with Crippen LogP contribution in [0.4, 0.5) is 5.82 Å². The zero-order valence-corrected chi connectivity index (χ0v) is 34.0. The molecule has 7 rings (SSSR count). The van der Waals surface area contributed by atoms with E-state index in [0.717, 1.165) is 27.9 Å². The van der Waals surface area contributed by atoms with Gasteiger partial charge >= 0.3 is 5.69 Å². The highest BCUT2D eigenvalue weighted by molar-refractivity contribution is 7.30. The molecule has 3 aliphatic rings. The fourth-order valence-corrected chi connectivity index (χ4v) is 12.5. The summed E-state index contributed by atoms with van der Waals surface area (Å²) in [5.74, 6) is -2.74. The number of carbonyl (C=O) groups is 1. The molecule has 0 aliphatic carbocycles. The number of allylic oxidation sites excluding steroid dienone is 2. The lowest BCUT2D eigenvalue weighted by Gasteiger charge is -2.44. The molecule has 56 heavy (non-hydrogen) atoms. The number of hydrogen-bond donors (Lipinski definition) is 3. The molecule has 4 aromatic rings. The van der Waals surface area contributed by atoms with Gasteiger partial charge in [0.15, 0.2) is 6.42 Å². The number of benzene rings is 3. The fourth-order valence-electron chi connectivity index (χ4n) is 7.48. The smallest absolute Gasteiger partial charge is 0.351 e. The van der Waals surface area contributed by atoms with E-state index in [1.165, 1.54) is 50.2 Å². The van der Waals surface area contributed by atoms with Gasteiger partial charge in [0.1, 0.15) is 26.4 Å². The Morgan fingerprint density at radius 1 is 1.04 bits per heavy atom. The summed E-state index contributed by atoms with van der Waals surface area (Å²) < 4.78 is 30.9. The first-order chi connectivity index (χ1) is 26.9. The van der Waals surface area contributed by atoms with Gasteiger partial charge in [0.25, 0.3) is 19.9 Å². The van der Waals surface area contributed by atoms with Gasteiger partial charge in [-0.1, -0.05) is 99.6 Å². The van der Waals surface area contributed by atoms with Crippen LogP contribution >= 0.6 is 8.25 Å². The van der Waals surface area contributed by atoms with Crippen molar-refractivity contribution in [1.29, 1.82) is 0 Å². The van der Waals surface area contributed by atoms with Gasteiger partial charge in [0.05, 0.1) is 13.0 Å². The Balaban J connectivity index is 0.000000411. The minimum absolute atomic E-state index is 0.0193. The minimum atomic E-state index is -3.88. The van der Waals surface area contributed by atoms with E-state index in [9.17, 15) is 24.2 Å². The summed E-state index contributed by atoms with van der Waals surface area (Å²) >= 11 is 0. The first kappa shape index (κ1) is 41.3. The quantitative estimate of drug-likeness (QED) is 0.0908. The molecule has 0 spiro atoms. The Hall–Kier alpha value is -4.33. The highest BCUT2D eigenvalue weighted by Gasteiger charge is 2.54. The Kier molecular flexibility index (Phi) is 13.5. The molecule has 1 aromatic heterocycles. The molecule has 296 valence electrons. The fraction of sp³-hybridized carbons (Fsp3) is 0.390. The molecule has 13 nitrogen and oxygen atoms in total. The van der Waals surface area contributed by atoms with Gasteiger partial charge in [-0.15, -0.1) is 0 Å². The summed E-state index contributed by atoms with van der Waals surface area (Å²) in [4.78, 5) is 41.3. The average Bonchev–Trinajstić information content (AvgIpc) is 3.33. The maximum atomic E-state index is 13.1. The summed E-state index contributed by atoms with van der Waals surface area (Å²) in [6, 6.07) is 29.5. The van der Waals surface area contributed by atoms with Crippen LogP contribution in [-0.4, -0.2) is 65.5 Å². The Morgan fingerprint density at radius 2 is 1.68 bits per heavy atom. The zero-order chi connectivity index (χ0) is 39.8. The van der Waals surface area contributed by atoms with Crippen LogP contribution in [0.1, 0.15) is 75.9 Å². The molecule has 0 radical (unpaired) electrons. The van der Waals surface area contributed by atoms with Crippen molar-refractivity contribution in [3.63, 3.8) is 0 Å². The topological polar surface area (TPSA) is 167 Å². The van der Waals surface area contributed by atoms with Crippen molar-refractivity contribution in [1.82, 2.24) is 20.0 Å². The molecular weight excluding hydrogens is 750 g/mol. The normalized spacial score (nSPS) is 21.7. The average molecular weight is 800 g/mol. The third-order valence-corrected chi connectivity index (χ3v) is 15.7. The van der Waals surface area contributed by atoms with Crippen molar-refractivity contribution in [2.24, 2.45) is 0 Å². The molecule has 3 N–H and O–H groups in total. The number of anilines is 1. The second kappa shape index (κ2) is 18.3. The minimum Gasteiger partial charge on any atom is -0.781 e. The number of fused-ring (bicyclic) bond motifs is 1. The number of nitrogens with zero attached hydrogens (tertiary/aromatic N) is 3. The predicted octanol–water partition coefficient (Wildman–Crippen LogP) is 4.27. The zero-order valence-electron chi connectivity index (χ0n) is 32.0. The highest BCUT2D eigenvalue weighted by Crippen LogP contribution is 2.43. The van der Waals surface area contributed by atoms with Crippen molar-refractivity contribution >= 4 is 38.7 Å². The molecule has 2 saturated heterocycles. The monoisotopic (exact) mass is 799 g/mol. The molecule has 15 heteroatoms. The lowest BCUT2D eigenvalue weighted by molar-refractivity contribution is -0.239. The first-order valence-corrected chi connectivity index (χ1v) is 22.1. The van der Waals surface area contributed by atoms with E-state index in [1.54, 1.807) is 30.3 Å². The molecule has 3 aliphatic heterocycles. The predicted molar refractivity (Wildman–Crippen MR) is 215 cm³/mol. The van der Waals surface area contributed by atoms with Crippen LogP contribution in [0.15, 0.2) is 114 Å². The van der Waals surface area contributed by atoms with E-state index in [0.29, 0.717) is 5.56 Å². The number of aromatic nitrogens is 2. The Morgan fingerprint density at radius 3 is 2.29 bits per heavy atom. The van der Waals surface area contributed by atoms with Gasteiger partial charge in [0.2, 0.25) is 11.9 Å². The number of nitrogens with one attached hydrogen (secondary N) is 2. The number of hydrogen-bond acceptors (Lipinski definition) is 11. The molecule has 0 saturated carbocycles. The number of aliphatic hydroxyl groups is 1. The van der Waals surface area contributed by atoms with Crippen molar-refractivity contribution in [2.45, 2.75) is 82.5 Å². The van der Waals surface area contributed by atoms with Crippen LogP contribution in [0.2, 0.25) is 5.04 Å². The van der Waals surface area contributed by atoms with E-state index in [1.807, 2.05) is 60.7 Å². The third kappa shape index (κ3) is 9.61. The second-order valence-corrected chi connectivity index (χ2v) is 20.0. The van der Waals surface area contributed by atoms with E-state index >= 15 is 0 Å². The standard InChI is InChI=1S/C32H36N3O8PSi.C9H15N2/c1-31(2,3)45(24-15-9-5-10-16-24,25-17-11-6-12-18-25)41-22-26-32(38,43-44(39)40)21-28(42-26)35-20-19-27(34-30(35)37)33-29(36)23-13-7-4-8-14-23;1-3-7-10-11-8-4-2-6-9(11)5-1/h4-20,26,28,38,44H,21-22H2,1-3H3,(H,39,40)(H,33,34,36,37);10H,1-5,7-8H2/q;+1/p-1/t26-,28-,32+;/m1./s1. The van der Waals surface area contributed by atoms with Gasteiger partial charge in [0, 0.05) is 37.7 Å². The molecule has 3 aromatic carbocycles. The van der Waals surface area contributed by atoms with E-state index in [-0.39, 0.29) is 12.4 Å². The van der Waals surface area contributed by atoms with Gasteiger partial charge in [-0.3, -0.25) is 14.4 Å². The highest BCUT2D eigenvalue weighted by atomic mass is 31.1. The summed E-state index contributed by atoms with van der Waals surface area (Å²) in [7, 11) is -6.98. The molecule has 1 amide bonds. The lowest BCUT2D eigenvalue weighted by atomic mass is 10.1. The molecule has 0 bridgehead atoms. The third-order valence-electron chi connectivity index (χ3n) is 10.2.